The maximum atomic E-state index is 11.9. The van der Waals surface area contributed by atoms with Gasteiger partial charge in [0.15, 0.2) is 0 Å². The highest BCUT2D eigenvalue weighted by Crippen LogP contribution is 2.20. The van der Waals surface area contributed by atoms with E-state index in [-0.39, 0.29) is 5.91 Å². The van der Waals surface area contributed by atoms with Gasteiger partial charge in [-0.2, -0.15) is 5.10 Å². The topological polar surface area (TPSA) is 74.2 Å². The lowest BCUT2D eigenvalue weighted by atomic mass is 10.1. The minimum Gasteiger partial charge on any atom is -0.337 e. The van der Waals surface area contributed by atoms with Crippen LogP contribution in [0.2, 0.25) is 5.02 Å². The Kier molecular flexibility index (Phi) is 6.00. The molecule has 7 nitrogen and oxygen atoms in total. The maximum Gasteiger partial charge on any atom is 0.245 e. The summed E-state index contributed by atoms with van der Waals surface area (Å²) in [7, 11) is 0. The summed E-state index contributed by atoms with van der Waals surface area (Å²) in [4.78, 5) is 18.6. The fraction of sp³-hybridized carbons (Fsp3) is 0.444. The quantitative estimate of drug-likeness (QED) is 0.866. The van der Waals surface area contributed by atoms with Crippen LogP contribution in [0, 0.1) is 5.92 Å². The second-order valence-electron chi connectivity index (χ2n) is 6.76. The van der Waals surface area contributed by atoms with Crippen LogP contribution in [-0.4, -0.2) is 52.3 Å². The molecule has 1 aromatic heterocycles. The molecule has 1 amide bonds. The van der Waals surface area contributed by atoms with E-state index in [1.54, 1.807) is 6.20 Å². The Morgan fingerprint density at radius 1 is 1.19 bits per heavy atom. The first kappa shape index (κ1) is 18.5. The number of nitrogens with one attached hydrogen (secondary N) is 1. The molecule has 0 saturated carbocycles. The Labute approximate surface area is 158 Å². The highest BCUT2D eigenvalue weighted by molar-refractivity contribution is 6.30. The molecule has 1 N–H and O–H groups in total. The standard InChI is InChI=1S/C18H23ClN6O/c1-13(2)11-17(26)23-25-9-7-24(8-10-25)18-21-16(12-20-22-18)14-3-5-15(19)6-4-14/h3-6,12-13H,7-11H2,1-2H3,(H,23,26). The zero-order chi connectivity index (χ0) is 18.5. The number of piperazine rings is 1. The van der Waals surface area contributed by atoms with Gasteiger partial charge in [0.25, 0.3) is 0 Å². The van der Waals surface area contributed by atoms with Gasteiger partial charge < -0.3 is 4.90 Å². The van der Waals surface area contributed by atoms with Crippen LogP contribution in [0.25, 0.3) is 11.3 Å². The molecule has 0 spiro atoms. The van der Waals surface area contributed by atoms with E-state index >= 15 is 0 Å². The molecule has 2 aromatic rings. The van der Waals surface area contributed by atoms with Crippen molar-refractivity contribution in [3.8, 4) is 11.3 Å². The molecular formula is C18H23ClN6O. The Bertz CT molecular complexity index is 744. The number of nitrogens with zero attached hydrogens (tertiary/aromatic N) is 5. The number of rotatable bonds is 5. The second-order valence-corrected chi connectivity index (χ2v) is 7.19. The Hall–Kier alpha value is -2.25. The molecule has 1 saturated heterocycles. The third kappa shape index (κ3) is 4.89. The smallest absolute Gasteiger partial charge is 0.245 e. The molecule has 1 fully saturated rings. The minimum absolute atomic E-state index is 0.0658. The van der Waals surface area contributed by atoms with Crippen molar-refractivity contribution >= 4 is 23.5 Å². The van der Waals surface area contributed by atoms with Crippen molar-refractivity contribution in [2.45, 2.75) is 20.3 Å². The van der Waals surface area contributed by atoms with E-state index in [2.05, 4.69) is 25.5 Å². The van der Waals surface area contributed by atoms with Gasteiger partial charge in [0.05, 0.1) is 11.9 Å². The fourth-order valence-electron chi connectivity index (χ4n) is 2.80. The van der Waals surface area contributed by atoms with Gasteiger partial charge in [-0.05, 0) is 18.1 Å². The predicted octanol–water partition coefficient (Wildman–Crippen LogP) is 2.39. The summed E-state index contributed by atoms with van der Waals surface area (Å²) in [6.45, 7) is 6.98. The summed E-state index contributed by atoms with van der Waals surface area (Å²) in [5, 5.41) is 10.9. The van der Waals surface area contributed by atoms with Crippen LogP contribution in [0.15, 0.2) is 30.5 Å². The van der Waals surface area contributed by atoms with Gasteiger partial charge in [0.2, 0.25) is 11.9 Å². The largest absolute Gasteiger partial charge is 0.337 e. The Morgan fingerprint density at radius 2 is 1.88 bits per heavy atom. The third-order valence-electron chi connectivity index (χ3n) is 4.13. The molecule has 0 bridgehead atoms. The molecule has 26 heavy (non-hydrogen) atoms. The van der Waals surface area contributed by atoms with E-state index in [1.165, 1.54) is 0 Å². The first-order valence-corrected chi connectivity index (χ1v) is 9.14. The van der Waals surface area contributed by atoms with Crippen molar-refractivity contribution < 1.29 is 4.79 Å². The lowest BCUT2D eigenvalue weighted by Gasteiger charge is -2.34. The number of hydrazine groups is 1. The number of carbonyl (C=O) groups is 1. The van der Waals surface area contributed by atoms with Crippen molar-refractivity contribution in [1.29, 1.82) is 0 Å². The van der Waals surface area contributed by atoms with E-state index in [0.29, 0.717) is 23.3 Å². The molecule has 138 valence electrons. The van der Waals surface area contributed by atoms with E-state index in [0.717, 1.165) is 37.4 Å². The monoisotopic (exact) mass is 374 g/mol. The predicted molar refractivity (Wildman–Crippen MR) is 102 cm³/mol. The molecule has 1 aliphatic heterocycles. The summed E-state index contributed by atoms with van der Waals surface area (Å²) in [6, 6.07) is 7.49. The van der Waals surface area contributed by atoms with Crippen molar-refractivity contribution in [2.75, 3.05) is 31.1 Å². The molecule has 0 atom stereocenters. The van der Waals surface area contributed by atoms with Crippen LogP contribution in [0.5, 0.6) is 0 Å². The van der Waals surface area contributed by atoms with Crippen LogP contribution in [0.3, 0.4) is 0 Å². The van der Waals surface area contributed by atoms with Gasteiger partial charge in [-0.15, -0.1) is 5.10 Å². The first-order chi connectivity index (χ1) is 12.5. The second kappa shape index (κ2) is 8.42. The molecular weight excluding hydrogens is 352 g/mol. The molecule has 1 aromatic carbocycles. The van der Waals surface area contributed by atoms with Crippen molar-refractivity contribution in [3.05, 3.63) is 35.5 Å². The summed E-state index contributed by atoms with van der Waals surface area (Å²) in [5.41, 5.74) is 4.68. The number of halogens is 1. The highest BCUT2D eigenvalue weighted by atomic mass is 35.5. The van der Waals surface area contributed by atoms with Crippen molar-refractivity contribution in [1.82, 2.24) is 25.6 Å². The molecule has 0 radical (unpaired) electrons. The fourth-order valence-corrected chi connectivity index (χ4v) is 2.92. The number of hydrogen-bond donors (Lipinski definition) is 1. The number of carbonyl (C=O) groups excluding carboxylic acids is 1. The molecule has 8 heteroatoms. The number of amides is 1. The van der Waals surface area contributed by atoms with Gasteiger partial charge in [0.1, 0.15) is 0 Å². The summed E-state index contributed by atoms with van der Waals surface area (Å²) >= 11 is 5.94. The Morgan fingerprint density at radius 3 is 2.54 bits per heavy atom. The van der Waals surface area contributed by atoms with Crippen molar-refractivity contribution in [3.63, 3.8) is 0 Å². The summed E-state index contributed by atoms with van der Waals surface area (Å²) < 4.78 is 0. The number of benzene rings is 1. The van der Waals surface area contributed by atoms with Crippen molar-refractivity contribution in [2.24, 2.45) is 5.92 Å². The van der Waals surface area contributed by atoms with Crippen LogP contribution >= 0.6 is 11.6 Å². The zero-order valence-corrected chi connectivity index (χ0v) is 15.8. The minimum atomic E-state index is 0.0658. The van der Waals surface area contributed by atoms with E-state index in [9.17, 15) is 4.79 Å². The molecule has 2 heterocycles. The molecule has 1 aliphatic rings. The van der Waals surface area contributed by atoms with Gasteiger partial charge in [-0.1, -0.05) is 37.6 Å². The van der Waals surface area contributed by atoms with Crippen LogP contribution in [-0.2, 0) is 4.79 Å². The van der Waals surface area contributed by atoms with Crippen LogP contribution in [0.1, 0.15) is 20.3 Å². The van der Waals surface area contributed by atoms with E-state index in [1.807, 2.05) is 43.1 Å². The van der Waals surface area contributed by atoms with E-state index in [4.69, 9.17) is 11.6 Å². The van der Waals surface area contributed by atoms with E-state index < -0.39 is 0 Å². The van der Waals surface area contributed by atoms with Crippen LogP contribution in [0.4, 0.5) is 5.95 Å². The normalized spacial score (nSPS) is 15.3. The number of anilines is 1. The van der Waals surface area contributed by atoms with Gasteiger partial charge in [-0.3, -0.25) is 10.2 Å². The van der Waals surface area contributed by atoms with Gasteiger partial charge in [-0.25, -0.2) is 9.99 Å². The first-order valence-electron chi connectivity index (χ1n) is 8.76. The molecule has 3 rings (SSSR count). The number of aromatic nitrogens is 3. The van der Waals surface area contributed by atoms with Gasteiger partial charge >= 0.3 is 0 Å². The lowest BCUT2D eigenvalue weighted by Crippen LogP contribution is -2.54. The molecule has 0 unspecified atom stereocenters. The number of hydrogen-bond acceptors (Lipinski definition) is 6. The molecule has 0 aliphatic carbocycles. The summed E-state index contributed by atoms with van der Waals surface area (Å²) in [6.07, 6.45) is 2.19. The lowest BCUT2D eigenvalue weighted by molar-refractivity contribution is -0.126. The third-order valence-corrected chi connectivity index (χ3v) is 4.38. The zero-order valence-electron chi connectivity index (χ0n) is 15.0. The average Bonchev–Trinajstić information content (AvgIpc) is 2.62. The SMILES string of the molecule is CC(C)CC(=O)NN1CCN(c2nncc(-c3ccc(Cl)cc3)n2)CC1. The van der Waals surface area contributed by atoms with Gasteiger partial charge in [0, 0.05) is 43.2 Å². The summed E-state index contributed by atoms with van der Waals surface area (Å²) in [5.74, 6) is 1.02. The van der Waals surface area contributed by atoms with Crippen LogP contribution < -0.4 is 10.3 Å². The maximum absolute atomic E-state index is 11.9. The highest BCUT2D eigenvalue weighted by Gasteiger charge is 2.21. The average molecular weight is 375 g/mol. The Balaban J connectivity index is 1.60.